The molecule has 1 aromatic carbocycles. The van der Waals surface area contributed by atoms with Crippen molar-refractivity contribution in [2.24, 2.45) is 0 Å². The second kappa shape index (κ2) is 5.76. The maximum atomic E-state index is 12.6. The molecule has 1 heterocycles. The number of carboxylic acids is 1. The van der Waals surface area contributed by atoms with Crippen molar-refractivity contribution in [2.45, 2.75) is 31.7 Å². The summed E-state index contributed by atoms with van der Waals surface area (Å²) in [5.74, 6) is -1.13. The highest BCUT2D eigenvalue weighted by atomic mass is 16.4. The van der Waals surface area contributed by atoms with E-state index in [2.05, 4.69) is 0 Å². The van der Waals surface area contributed by atoms with E-state index < -0.39 is 11.5 Å². The summed E-state index contributed by atoms with van der Waals surface area (Å²) in [6, 6.07) is 7.26. The van der Waals surface area contributed by atoms with Gasteiger partial charge in [0.25, 0.3) is 5.91 Å². The third-order valence-corrected chi connectivity index (χ3v) is 4.23. The molecule has 1 atom stereocenters. The molecule has 5 nitrogen and oxygen atoms in total. The van der Waals surface area contributed by atoms with Crippen LogP contribution in [0.2, 0.25) is 0 Å². The Balaban J connectivity index is 2.27. The van der Waals surface area contributed by atoms with E-state index in [0.717, 1.165) is 18.5 Å². The molecule has 0 saturated carbocycles. The zero-order valence-electron chi connectivity index (χ0n) is 12.8. The Bertz CT molecular complexity index is 539. The maximum Gasteiger partial charge on any atom is 0.329 e. The predicted octanol–water partition coefficient (Wildman–Crippen LogP) is 2.22. The molecule has 114 valence electrons. The minimum atomic E-state index is -1.10. The number of anilines is 1. The number of aliphatic carboxylic acids is 1. The van der Waals surface area contributed by atoms with E-state index in [1.54, 1.807) is 19.1 Å². The molecule has 1 saturated heterocycles. The van der Waals surface area contributed by atoms with Gasteiger partial charge in [0.05, 0.1) is 0 Å². The van der Waals surface area contributed by atoms with Crippen LogP contribution in [0, 0.1) is 0 Å². The Morgan fingerprint density at radius 2 is 1.81 bits per heavy atom. The number of piperidine rings is 1. The number of carbonyl (C=O) groups excluding carboxylic acids is 1. The van der Waals surface area contributed by atoms with Gasteiger partial charge in [-0.05, 0) is 50.5 Å². The van der Waals surface area contributed by atoms with Crippen molar-refractivity contribution in [3.05, 3.63) is 29.8 Å². The van der Waals surface area contributed by atoms with Crippen LogP contribution in [-0.2, 0) is 4.79 Å². The molecule has 0 aromatic heterocycles. The summed E-state index contributed by atoms with van der Waals surface area (Å²) in [6.45, 7) is 2.14. The Morgan fingerprint density at radius 1 is 1.19 bits per heavy atom. The number of hydrogen-bond acceptors (Lipinski definition) is 3. The van der Waals surface area contributed by atoms with E-state index in [-0.39, 0.29) is 5.91 Å². The summed E-state index contributed by atoms with van der Waals surface area (Å²) >= 11 is 0. The van der Waals surface area contributed by atoms with E-state index >= 15 is 0 Å². The minimum absolute atomic E-state index is 0.204. The first-order chi connectivity index (χ1) is 9.86. The van der Waals surface area contributed by atoms with Crippen LogP contribution in [0.4, 0.5) is 5.69 Å². The number of amides is 1. The first-order valence-electron chi connectivity index (χ1n) is 7.19. The minimum Gasteiger partial charge on any atom is -0.480 e. The summed E-state index contributed by atoms with van der Waals surface area (Å²) in [5.41, 5.74) is 0.441. The van der Waals surface area contributed by atoms with Crippen molar-refractivity contribution >= 4 is 17.6 Å². The fourth-order valence-electron chi connectivity index (χ4n) is 2.73. The Kier molecular flexibility index (Phi) is 4.21. The first kappa shape index (κ1) is 15.4. The summed E-state index contributed by atoms with van der Waals surface area (Å²) in [6.07, 6.45) is 2.19. The molecule has 0 bridgehead atoms. The molecule has 0 radical (unpaired) electrons. The maximum absolute atomic E-state index is 12.6. The van der Waals surface area contributed by atoms with E-state index in [4.69, 9.17) is 0 Å². The van der Waals surface area contributed by atoms with Crippen molar-refractivity contribution in [3.8, 4) is 0 Å². The number of hydrogen-bond donors (Lipinski definition) is 1. The molecule has 0 aliphatic carbocycles. The smallest absolute Gasteiger partial charge is 0.329 e. The van der Waals surface area contributed by atoms with Crippen molar-refractivity contribution in [2.75, 3.05) is 25.5 Å². The number of carbonyl (C=O) groups is 2. The third kappa shape index (κ3) is 2.86. The van der Waals surface area contributed by atoms with Gasteiger partial charge >= 0.3 is 5.97 Å². The predicted molar refractivity (Wildman–Crippen MR) is 81.7 cm³/mol. The van der Waals surface area contributed by atoms with Crippen molar-refractivity contribution in [1.29, 1.82) is 0 Å². The quantitative estimate of drug-likeness (QED) is 0.927. The lowest BCUT2D eigenvalue weighted by atomic mass is 9.88. The lowest BCUT2D eigenvalue weighted by molar-refractivity contribution is -0.150. The lowest BCUT2D eigenvalue weighted by Crippen LogP contribution is -2.57. The van der Waals surface area contributed by atoms with Gasteiger partial charge < -0.3 is 14.9 Å². The Labute approximate surface area is 125 Å². The van der Waals surface area contributed by atoms with Crippen LogP contribution >= 0.6 is 0 Å². The third-order valence-electron chi connectivity index (χ3n) is 4.23. The molecule has 1 aliphatic rings. The molecule has 1 unspecified atom stereocenters. The van der Waals surface area contributed by atoms with Crippen LogP contribution in [0.5, 0.6) is 0 Å². The SMILES string of the molecule is CN(C)c1ccc(C(=O)N2CCCCC2(C)C(=O)O)cc1. The van der Waals surface area contributed by atoms with Crippen LogP contribution in [0.25, 0.3) is 0 Å². The average molecular weight is 290 g/mol. The van der Waals surface area contributed by atoms with Gasteiger partial charge in [-0.3, -0.25) is 4.79 Å². The topological polar surface area (TPSA) is 60.9 Å². The summed E-state index contributed by atoms with van der Waals surface area (Å²) < 4.78 is 0. The molecule has 1 fully saturated rings. The van der Waals surface area contributed by atoms with Gasteiger partial charge in [-0.25, -0.2) is 4.79 Å². The second-order valence-corrected chi connectivity index (χ2v) is 5.93. The monoisotopic (exact) mass is 290 g/mol. The first-order valence-corrected chi connectivity index (χ1v) is 7.19. The second-order valence-electron chi connectivity index (χ2n) is 5.93. The zero-order chi connectivity index (χ0) is 15.6. The summed E-state index contributed by atoms with van der Waals surface area (Å²) in [4.78, 5) is 27.7. The zero-order valence-corrected chi connectivity index (χ0v) is 12.8. The van der Waals surface area contributed by atoms with Gasteiger partial charge in [-0.15, -0.1) is 0 Å². The van der Waals surface area contributed by atoms with E-state index in [9.17, 15) is 14.7 Å². The molecular weight excluding hydrogens is 268 g/mol. The molecule has 0 spiro atoms. The van der Waals surface area contributed by atoms with Crippen molar-refractivity contribution < 1.29 is 14.7 Å². The summed E-state index contributed by atoms with van der Waals surface area (Å²) in [5, 5.41) is 9.48. The van der Waals surface area contributed by atoms with Gasteiger partial charge in [0.2, 0.25) is 0 Å². The highest BCUT2D eigenvalue weighted by molar-refractivity contribution is 5.98. The van der Waals surface area contributed by atoms with E-state index in [1.807, 2.05) is 31.1 Å². The molecule has 2 rings (SSSR count). The Hall–Kier alpha value is -2.04. The molecular formula is C16H22N2O3. The number of nitrogens with zero attached hydrogens (tertiary/aromatic N) is 2. The van der Waals surface area contributed by atoms with Gasteiger partial charge in [-0.2, -0.15) is 0 Å². The van der Waals surface area contributed by atoms with Crippen LogP contribution in [0.15, 0.2) is 24.3 Å². The number of carboxylic acid groups (broad SMARTS) is 1. The largest absolute Gasteiger partial charge is 0.480 e. The molecule has 21 heavy (non-hydrogen) atoms. The van der Waals surface area contributed by atoms with Crippen LogP contribution in [0.1, 0.15) is 36.5 Å². The number of benzene rings is 1. The van der Waals surface area contributed by atoms with Gasteiger partial charge in [-0.1, -0.05) is 0 Å². The molecule has 1 amide bonds. The Morgan fingerprint density at radius 3 is 2.33 bits per heavy atom. The fourth-order valence-corrected chi connectivity index (χ4v) is 2.73. The number of likely N-dealkylation sites (tertiary alicyclic amines) is 1. The van der Waals surface area contributed by atoms with E-state index in [1.165, 1.54) is 4.90 Å². The van der Waals surface area contributed by atoms with E-state index in [0.29, 0.717) is 18.5 Å². The highest BCUT2D eigenvalue weighted by Gasteiger charge is 2.44. The van der Waals surface area contributed by atoms with Crippen LogP contribution in [0.3, 0.4) is 0 Å². The average Bonchev–Trinajstić information content (AvgIpc) is 2.47. The fraction of sp³-hybridized carbons (Fsp3) is 0.500. The highest BCUT2D eigenvalue weighted by Crippen LogP contribution is 2.30. The number of rotatable bonds is 3. The van der Waals surface area contributed by atoms with Gasteiger partial charge in [0.1, 0.15) is 5.54 Å². The normalized spacial score (nSPS) is 22.0. The van der Waals surface area contributed by atoms with Crippen molar-refractivity contribution in [3.63, 3.8) is 0 Å². The molecule has 1 aliphatic heterocycles. The standard InChI is InChI=1S/C16H22N2O3/c1-16(15(20)21)10-4-5-11-18(16)14(19)12-6-8-13(9-7-12)17(2)3/h6-9H,4-5,10-11H2,1-3H3,(H,20,21). The summed E-state index contributed by atoms with van der Waals surface area (Å²) in [7, 11) is 3.87. The lowest BCUT2D eigenvalue weighted by Gasteiger charge is -2.41. The van der Waals surface area contributed by atoms with Crippen LogP contribution < -0.4 is 4.90 Å². The van der Waals surface area contributed by atoms with Gasteiger partial charge in [0, 0.05) is 31.9 Å². The molecule has 1 N–H and O–H groups in total. The van der Waals surface area contributed by atoms with Crippen molar-refractivity contribution in [1.82, 2.24) is 4.90 Å². The van der Waals surface area contributed by atoms with Crippen LogP contribution in [-0.4, -0.2) is 48.1 Å². The molecule has 5 heteroatoms. The van der Waals surface area contributed by atoms with Gasteiger partial charge in [0.15, 0.2) is 0 Å². The molecule has 1 aromatic rings.